The van der Waals surface area contributed by atoms with Gasteiger partial charge in [-0.25, -0.2) is 13.1 Å². The summed E-state index contributed by atoms with van der Waals surface area (Å²) in [6, 6.07) is 6.68. The number of nitrogens with zero attached hydrogens (tertiary/aromatic N) is 3. The number of rotatable bonds is 4. The third kappa shape index (κ3) is 2.46. The van der Waals surface area contributed by atoms with Crippen LogP contribution in [0.1, 0.15) is 12.5 Å². The second kappa shape index (κ2) is 4.39. The molecule has 0 radical (unpaired) electrons. The molecule has 1 aliphatic heterocycles. The highest BCUT2D eigenvalue weighted by atomic mass is 32.2. The van der Waals surface area contributed by atoms with E-state index in [1.165, 1.54) is 10.9 Å². The lowest BCUT2D eigenvalue weighted by Gasteiger charge is -2.03. The molecule has 6 nitrogen and oxygen atoms in total. The van der Waals surface area contributed by atoms with Gasteiger partial charge in [0.05, 0.1) is 24.2 Å². The zero-order valence-corrected chi connectivity index (χ0v) is 12.1. The number of sulfone groups is 1. The van der Waals surface area contributed by atoms with Gasteiger partial charge in [0, 0.05) is 0 Å². The van der Waals surface area contributed by atoms with Gasteiger partial charge in [0.2, 0.25) is 14.9 Å². The van der Waals surface area contributed by atoms with Crippen LogP contribution in [0, 0.1) is 6.92 Å². The van der Waals surface area contributed by atoms with Crippen molar-refractivity contribution in [3.8, 4) is 0 Å². The van der Waals surface area contributed by atoms with Crippen LogP contribution in [0.2, 0.25) is 0 Å². The highest BCUT2D eigenvalue weighted by molar-refractivity contribution is 7.91. The van der Waals surface area contributed by atoms with Gasteiger partial charge in [-0.3, -0.25) is 0 Å². The van der Waals surface area contributed by atoms with E-state index in [1.807, 2.05) is 13.8 Å². The highest BCUT2D eigenvalue weighted by Gasteiger charge is 2.40. The van der Waals surface area contributed by atoms with Gasteiger partial charge < -0.3 is 4.74 Å². The van der Waals surface area contributed by atoms with Crippen molar-refractivity contribution in [2.75, 3.05) is 6.61 Å². The standard InChI is InChI=1S/C13H15N3O3S/c1-10-3-5-11(6-4-10)20(17,18)12-7-16(15-14-12)8-13(2)9-19-13/h3-7H,8-9H2,1-2H3. The summed E-state index contributed by atoms with van der Waals surface area (Å²) in [5.41, 5.74) is 0.768. The topological polar surface area (TPSA) is 77.4 Å². The third-order valence-electron chi connectivity index (χ3n) is 3.26. The molecule has 20 heavy (non-hydrogen) atoms. The summed E-state index contributed by atoms with van der Waals surface area (Å²) in [6.45, 7) is 5.02. The Kier molecular flexibility index (Phi) is 2.91. The van der Waals surface area contributed by atoms with Crippen molar-refractivity contribution in [1.82, 2.24) is 15.0 Å². The number of aryl methyl sites for hydroxylation is 1. The predicted octanol–water partition coefficient (Wildman–Crippen LogP) is 1.21. The van der Waals surface area contributed by atoms with Gasteiger partial charge in [0.15, 0.2) is 0 Å². The first kappa shape index (κ1) is 13.3. The summed E-state index contributed by atoms with van der Waals surface area (Å²) >= 11 is 0. The molecule has 3 rings (SSSR count). The van der Waals surface area contributed by atoms with Crippen LogP contribution in [0.5, 0.6) is 0 Å². The Labute approximate surface area is 117 Å². The fraction of sp³-hybridized carbons (Fsp3) is 0.385. The molecule has 1 aromatic heterocycles. The number of benzene rings is 1. The van der Waals surface area contributed by atoms with Crippen molar-refractivity contribution >= 4 is 9.84 Å². The van der Waals surface area contributed by atoms with E-state index in [0.717, 1.165) is 5.56 Å². The Morgan fingerprint density at radius 2 is 2.00 bits per heavy atom. The first-order valence-electron chi connectivity index (χ1n) is 6.25. The van der Waals surface area contributed by atoms with Crippen LogP contribution in [0.3, 0.4) is 0 Å². The van der Waals surface area contributed by atoms with Crippen molar-refractivity contribution < 1.29 is 13.2 Å². The molecule has 106 valence electrons. The summed E-state index contributed by atoms with van der Waals surface area (Å²) in [7, 11) is -3.61. The molecule has 0 amide bonds. The summed E-state index contributed by atoms with van der Waals surface area (Å²) in [4.78, 5) is 0.226. The van der Waals surface area contributed by atoms with Crippen LogP contribution in [0.15, 0.2) is 40.4 Å². The van der Waals surface area contributed by atoms with E-state index in [0.29, 0.717) is 13.2 Å². The van der Waals surface area contributed by atoms with Gasteiger partial charge in [-0.15, -0.1) is 5.10 Å². The first-order valence-corrected chi connectivity index (χ1v) is 7.73. The largest absolute Gasteiger partial charge is 0.368 e. The quantitative estimate of drug-likeness (QED) is 0.792. The molecular formula is C13H15N3O3S. The van der Waals surface area contributed by atoms with Gasteiger partial charge >= 0.3 is 0 Å². The lowest BCUT2D eigenvalue weighted by molar-refractivity contribution is 0.283. The predicted molar refractivity (Wildman–Crippen MR) is 71.0 cm³/mol. The number of ether oxygens (including phenoxy) is 1. The van der Waals surface area contributed by atoms with Crippen molar-refractivity contribution in [3.05, 3.63) is 36.0 Å². The van der Waals surface area contributed by atoms with Crippen molar-refractivity contribution in [2.45, 2.75) is 35.9 Å². The van der Waals surface area contributed by atoms with Gasteiger partial charge in [-0.2, -0.15) is 0 Å². The van der Waals surface area contributed by atoms with E-state index in [1.54, 1.807) is 24.3 Å². The fourth-order valence-electron chi connectivity index (χ4n) is 1.88. The molecule has 2 aromatic rings. The van der Waals surface area contributed by atoms with E-state index < -0.39 is 9.84 Å². The average Bonchev–Trinajstić information content (AvgIpc) is 2.93. The summed E-state index contributed by atoms with van der Waals surface area (Å²) in [5, 5.41) is 7.59. The zero-order valence-electron chi connectivity index (χ0n) is 11.3. The van der Waals surface area contributed by atoms with Crippen LogP contribution in [-0.2, 0) is 21.1 Å². The summed E-state index contributed by atoms with van der Waals surface area (Å²) in [6.07, 6.45) is 1.45. The molecule has 0 bridgehead atoms. The van der Waals surface area contributed by atoms with Crippen LogP contribution < -0.4 is 0 Å². The molecule has 1 aliphatic rings. The monoisotopic (exact) mass is 293 g/mol. The van der Waals surface area contributed by atoms with E-state index in [4.69, 9.17) is 4.74 Å². The first-order chi connectivity index (χ1) is 9.39. The molecule has 1 saturated heterocycles. The number of hydrogen-bond acceptors (Lipinski definition) is 5. The Hall–Kier alpha value is -1.73. The van der Waals surface area contributed by atoms with Gasteiger partial charge in [-0.05, 0) is 26.0 Å². The molecule has 1 aromatic carbocycles. The summed E-state index contributed by atoms with van der Waals surface area (Å²) in [5.74, 6) is 0. The van der Waals surface area contributed by atoms with E-state index in [2.05, 4.69) is 10.3 Å². The Morgan fingerprint density at radius 3 is 2.60 bits per heavy atom. The highest BCUT2D eigenvalue weighted by Crippen LogP contribution is 2.28. The molecular weight excluding hydrogens is 278 g/mol. The SMILES string of the molecule is Cc1ccc(S(=O)(=O)c2cn(CC3(C)CO3)nn2)cc1. The third-order valence-corrected chi connectivity index (χ3v) is 4.89. The molecule has 7 heteroatoms. The maximum atomic E-state index is 12.4. The minimum Gasteiger partial charge on any atom is -0.368 e. The van der Waals surface area contributed by atoms with E-state index in [-0.39, 0.29) is 15.5 Å². The summed E-state index contributed by atoms with van der Waals surface area (Å²) < 4.78 is 31.5. The molecule has 2 heterocycles. The van der Waals surface area contributed by atoms with E-state index >= 15 is 0 Å². The zero-order chi connectivity index (χ0) is 14.4. The average molecular weight is 293 g/mol. The molecule has 1 unspecified atom stereocenters. The molecule has 1 fully saturated rings. The number of aromatic nitrogens is 3. The molecule has 0 aliphatic carbocycles. The Morgan fingerprint density at radius 1 is 1.35 bits per heavy atom. The Balaban J connectivity index is 1.89. The molecule has 0 N–H and O–H groups in total. The number of epoxide rings is 1. The van der Waals surface area contributed by atoms with Crippen LogP contribution in [0.4, 0.5) is 0 Å². The lowest BCUT2D eigenvalue weighted by Crippen LogP contribution is -2.15. The van der Waals surface area contributed by atoms with Crippen LogP contribution in [-0.4, -0.2) is 35.6 Å². The van der Waals surface area contributed by atoms with Crippen molar-refractivity contribution in [2.24, 2.45) is 0 Å². The maximum absolute atomic E-state index is 12.4. The maximum Gasteiger partial charge on any atom is 0.227 e. The second-order valence-corrected chi connectivity index (χ2v) is 7.21. The normalized spacial score (nSPS) is 21.9. The number of hydrogen-bond donors (Lipinski definition) is 0. The molecule has 0 spiro atoms. The lowest BCUT2D eigenvalue weighted by atomic mass is 10.2. The molecule has 1 atom stereocenters. The van der Waals surface area contributed by atoms with Crippen LogP contribution in [0.25, 0.3) is 0 Å². The van der Waals surface area contributed by atoms with Gasteiger partial charge in [0.25, 0.3) is 0 Å². The van der Waals surface area contributed by atoms with Gasteiger partial charge in [-0.1, -0.05) is 22.9 Å². The van der Waals surface area contributed by atoms with E-state index in [9.17, 15) is 8.42 Å². The van der Waals surface area contributed by atoms with Gasteiger partial charge in [0.1, 0.15) is 5.60 Å². The minimum absolute atomic E-state index is 0.0365. The smallest absolute Gasteiger partial charge is 0.227 e. The molecule has 0 saturated carbocycles. The van der Waals surface area contributed by atoms with Crippen LogP contribution >= 0.6 is 0 Å². The fourth-order valence-corrected chi connectivity index (χ4v) is 3.02. The van der Waals surface area contributed by atoms with Crippen molar-refractivity contribution in [3.63, 3.8) is 0 Å². The second-order valence-electron chi connectivity index (χ2n) is 5.31. The van der Waals surface area contributed by atoms with Crippen molar-refractivity contribution in [1.29, 1.82) is 0 Å². The Bertz CT molecular complexity index is 730. The minimum atomic E-state index is -3.61.